The van der Waals surface area contributed by atoms with Crippen molar-refractivity contribution < 1.29 is 45.4 Å². The van der Waals surface area contributed by atoms with Crippen molar-refractivity contribution in [1.82, 2.24) is 20.6 Å². The van der Waals surface area contributed by atoms with Crippen LogP contribution in [0, 0.1) is 0 Å². The number of hydrogen-bond donors (Lipinski definition) is 2. The monoisotopic (exact) mass is 484 g/mol. The van der Waals surface area contributed by atoms with Crippen LogP contribution in [0.5, 0.6) is 5.75 Å². The Balaban J connectivity index is 1.98. The quantitative estimate of drug-likeness (QED) is 0.631. The molecule has 2 amide bonds. The first-order valence-corrected chi connectivity index (χ1v) is 8.91. The fraction of sp³-hybridized carbons (Fsp3) is 0.294. The van der Waals surface area contributed by atoms with Gasteiger partial charge in [0.2, 0.25) is 5.82 Å². The Bertz CT molecular complexity index is 1030. The number of rotatable bonds is 5. The molecule has 2 aromatic rings. The minimum absolute atomic E-state index is 0.0259. The maximum atomic E-state index is 13.0. The van der Waals surface area contributed by atoms with Crippen molar-refractivity contribution in [2.24, 2.45) is 0 Å². The molecule has 2 heterocycles. The molecule has 0 unspecified atom stereocenters. The molecule has 1 saturated heterocycles. The number of hydrogen-bond acceptors (Lipinski definition) is 6. The number of carbonyl (C=O) groups is 2. The van der Waals surface area contributed by atoms with E-state index in [9.17, 15) is 35.9 Å². The van der Waals surface area contributed by atoms with Crippen LogP contribution < -0.4 is 15.4 Å². The van der Waals surface area contributed by atoms with Crippen molar-refractivity contribution in [3.8, 4) is 5.75 Å². The van der Waals surface area contributed by atoms with E-state index in [1.165, 1.54) is 0 Å². The molecule has 1 aliphatic heterocycles. The normalized spacial score (nSPS) is 17.3. The van der Waals surface area contributed by atoms with E-state index in [-0.39, 0.29) is 17.8 Å². The zero-order valence-corrected chi connectivity index (χ0v) is 16.2. The fourth-order valence-corrected chi connectivity index (χ4v) is 2.90. The highest BCUT2D eigenvalue weighted by molar-refractivity contribution is 6.32. The van der Waals surface area contributed by atoms with E-state index in [1.54, 1.807) is 0 Å². The van der Waals surface area contributed by atoms with Crippen molar-refractivity contribution in [1.29, 1.82) is 0 Å². The van der Waals surface area contributed by atoms with Gasteiger partial charge in [-0.15, -0.1) is 13.2 Å². The summed E-state index contributed by atoms with van der Waals surface area (Å²) in [7, 11) is 0. The first kappa shape index (κ1) is 23.4. The van der Waals surface area contributed by atoms with Gasteiger partial charge in [0.05, 0.1) is 23.3 Å². The lowest BCUT2D eigenvalue weighted by Gasteiger charge is -2.22. The van der Waals surface area contributed by atoms with Crippen LogP contribution in [0.1, 0.15) is 23.1 Å². The van der Waals surface area contributed by atoms with E-state index >= 15 is 0 Å². The fourth-order valence-electron chi connectivity index (χ4n) is 2.67. The molecule has 0 spiro atoms. The molecular formula is C17H11ClF6N4O4. The zero-order valence-electron chi connectivity index (χ0n) is 15.4. The van der Waals surface area contributed by atoms with Gasteiger partial charge in [-0.25, -0.2) is 14.8 Å². The predicted molar refractivity (Wildman–Crippen MR) is 93.4 cm³/mol. The summed E-state index contributed by atoms with van der Waals surface area (Å²) in [4.78, 5) is 30.1. The molecule has 1 aromatic heterocycles. The SMILES string of the molecule is O=C1NC[C@@H](C(=O)N[C@H](c2ccc(OC(F)(F)F)c(Cl)c2)c2ccnc(C(F)(F)F)n2)O1. The van der Waals surface area contributed by atoms with Gasteiger partial charge < -0.3 is 20.1 Å². The number of amides is 2. The molecule has 0 bridgehead atoms. The highest BCUT2D eigenvalue weighted by atomic mass is 35.5. The topological polar surface area (TPSA) is 102 Å². The first-order chi connectivity index (χ1) is 14.8. The third-order valence-electron chi connectivity index (χ3n) is 4.00. The van der Waals surface area contributed by atoms with Gasteiger partial charge in [0.15, 0.2) is 6.10 Å². The van der Waals surface area contributed by atoms with Crippen LogP contribution in [-0.2, 0) is 15.7 Å². The largest absolute Gasteiger partial charge is 0.573 e. The lowest BCUT2D eigenvalue weighted by atomic mass is 10.0. The summed E-state index contributed by atoms with van der Waals surface area (Å²) in [6.45, 7) is -0.200. The molecule has 3 rings (SSSR count). The number of nitrogens with zero attached hydrogens (tertiary/aromatic N) is 2. The van der Waals surface area contributed by atoms with Crippen LogP contribution in [0.3, 0.4) is 0 Å². The lowest BCUT2D eigenvalue weighted by molar-refractivity contribution is -0.274. The van der Waals surface area contributed by atoms with E-state index in [2.05, 4.69) is 25.3 Å². The van der Waals surface area contributed by atoms with Crippen molar-refractivity contribution >= 4 is 23.6 Å². The number of cyclic esters (lactones) is 1. The summed E-state index contributed by atoms with van der Waals surface area (Å²) in [5.41, 5.74) is -0.375. The molecule has 1 aromatic carbocycles. The number of ether oxygens (including phenoxy) is 2. The number of carbonyl (C=O) groups excluding carboxylic acids is 2. The Labute approximate surface area is 179 Å². The molecule has 172 valence electrons. The standard InChI is InChI=1S/C17H11ClF6N4O4/c18-8-5-7(1-2-10(8)32-17(22,23)24)12(28-13(29)11-6-26-15(30)31-11)9-3-4-25-14(27-9)16(19,20)21/h1-5,11-12H,6H2,(H,26,30)(H,28,29)/t11-,12+/m0/s1. The molecule has 0 radical (unpaired) electrons. The van der Waals surface area contributed by atoms with E-state index in [1.807, 2.05) is 0 Å². The second kappa shape index (κ2) is 8.68. The molecule has 32 heavy (non-hydrogen) atoms. The number of alkyl halides is 6. The molecule has 15 heteroatoms. The number of halogens is 7. The van der Waals surface area contributed by atoms with E-state index < -0.39 is 53.3 Å². The minimum atomic E-state index is -5.04. The van der Waals surface area contributed by atoms with E-state index in [0.717, 1.165) is 30.5 Å². The third kappa shape index (κ3) is 5.69. The molecule has 8 nitrogen and oxygen atoms in total. The average molecular weight is 485 g/mol. The number of alkyl carbamates (subject to hydrolysis) is 1. The summed E-state index contributed by atoms with van der Waals surface area (Å²) >= 11 is 5.82. The summed E-state index contributed by atoms with van der Waals surface area (Å²) < 4.78 is 85.0. The second-order valence-corrected chi connectivity index (χ2v) is 6.66. The maximum Gasteiger partial charge on any atom is 0.573 e. The Morgan fingerprint density at radius 2 is 1.97 bits per heavy atom. The second-order valence-electron chi connectivity index (χ2n) is 6.26. The van der Waals surface area contributed by atoms with Crippen molar-refractivity contribution in [2.75, 3.05) is 6.54 Å². The van der Waals surface area contributed by atoms with Crippen LogP contribution in [0.2, 0.25) is 5.02 Å². The van der Waals surface area contributed by atoms with Gasteiger partial charge in [-0.05, 0) is 23.8 Å². The van der Waals surface area contributed by atoms with Gasteiger partial charge in [-0.3, -0.25) is 4.79 Å². The van der Waals surface area contributed by atoms with Gasteiger partial charge in [-0.2, -0.15) is 13.2 Å². The first-order valence-electron chi connectivity index (χ1n) is 8.53. The molecule has 2 N–H and O–H groups in total. The predicted octanol–water partition coefficient (Wildman–Crippen LogP) is 3.36. The smallest absolute Gasteiger partial charge is 0.434 e. The molecule has 0 saturated carbocycles. The zero-order chi connectivity index (χ0) is 23.7. The molecule has 0 aliphatic carbocycles. The van der Waals surface area contributed by atoms with Crippen LogP contribution in [-0.4, -0.2) is 41.0 Å². The van der Waals surface area contributed by atoms with Crippen LogP contribution in [0.4, 0.5) is 31.1 Å². The van der Waals surface area contributed by atoms with Gasteiger partial charge in [0, 0.05) is 6.20 Å². The summed E-state index contributed by atoms with van der Waals surface area (Å²) in [6.07, 6.45) is -11.3. The molecular weight excluding hydrogens is 474 g/mol. The van der Waals surface area contributed by atoms with Gasteiger partial charge in [0.25, 0.3) is 5.91 Å². The summed E-state index contributed by atoms with van der Waals surface area (Å²) in [5.74, 6) is -3.17. The van der Waals surface area contributed by atoms with E-state index in [4.69, 9.17) is 16.3 Å². The van der Waals surface area contributed by atoms with Gasteiger partial charge in [0.1, 0.15) is 5.75 Å². The molecule has 2 atom stereocenters. The number of aromatic nitrogens is 2. The Kier molecular flexibility index (Phi) is 6.34. The van der Waals surface area contributed by atoms with Crippen molar-refractivity contribution in [3.63, 3.8) is 0 Å². The van der Waals surface area contributed by atoms with Crippen molar-refractivity contribution in [3.05, 3.63) is 52.6 Å². The van der Waals surface area contributed by atoms with Gasteiger partial charge >= 0.3 is 18.6 Å². The van der Waals surface area contributed by atoms with Crippen molar-refractivity contribution in [2.45, 2.75) is 24.7 Å². The molecule has 1 aliphatic rings. The third-order valence-corrected chi connectivity index (χ3v) is 4.30. The number of benzene rings is 1. The van der Waals surface area contributed by atoms with Crippen LogP contribution >= 0.6 is 11.6 Å². The highest BCUT2D eigenvalue weighted by Gasteiger charge is 2.37. The lowest BCUT2D eigenvalue weighted by Crippen LogP contribution is -2.39. The van der Waals surface area contributed by atoms with Crippen LogP contribution in [0.25, 0.3) is 0 Å². The Morgan fingerprint density at radius 1 is 1.25 bits per heavy atom. The Hall–Kier alpha value is -3.29. The maximum absolute atomic E-state index is 13.0. The molecule has 1 fully saturated rings. The summed E-state index contributed by atoms with van der Waals surface area (Å²) in [5, 5.41) is 4.05. The Morgan fingerprint density at radius 3 is 2.53 bits per heavy atom. The highest BCUT2D eigenvalue weighted by Crippen LogP contribution is 2.34. The minimum Gasteiger partial charge on any atom is -0.434 e. The number of nitrogens with one attached hydrogen (secondary N) is 2. The van der Waals surface area contributed by atoms with Gasteiger partial charge in [-0.1, -0.05) is 17.7 Å². The average Bonchev–Trinajstić information content (AvgIpc) is 3.12. The van der Waals surface area contributed by atoms with E-state index in [0.29, 0.717) is 0 Å². The van der Waals surface area contributed by atoms with Crippen LogP contribution in [0.15, 0.2) is 30.5 Å². The summed E-state index contributed by atoms with van der Waals surface area (Å²) in [6, 6.07) is 2.48.